The molecule has 1 unspecified atom stereocenters. The van der Waals surface area contributed by atoms with Crippen molar-refractivity contribution in [2.45, 2.75) is 127 Å². The van der Waals surface area contributed by atoms with E-state index in [0.29, 0.717) is 0 Å². The number of alkyl halides is 34. The molecule has 0 amide bonds. The predicted octanol–water partition coefficient (Wildman–Crippen LogP) is 12.0. The molecule has 0 saturated heterocycles. The zero-order valence-corrected chi connectivity index (χ0v) is 28.3. The summed E-state index contributed by atoms with van der Waals surface area (Å²) in [6, 6.07) is 0. The van der Waals surface area contributed by atoms with E-state index in [1.54, 1.807) is 0 Å². The summed E-state index contributed by atoms with van der Waals surface area (Å²) in [5.74, 6) is -117. The van der Waals surface area contributed by atoms with Crippen LogP contribution in [0.15, 0.2) is 0 Å². The minimum absolute atomic E-state index is 1.47. The molecule has 0 rings (SSSR count). The molecule has 0 aromatic carbocycles. The number of rotatable bonds is 24. The summed E-state index contributed by atoms with van der Waals surface area (Å²) in [6.07, 6.45) is -28.2. The van der Waals surface area contributed by atoms with Crippen LogP contribution in [0.3, 0.4) is 0 Å². The molecule has 0 aliphatic heterocycles. The first-order valence-corrected chi connectivity index (χ1v) is 14.9. The van der Waals surface area contributed by atoms with Crippen LogP contribution < -0.4 is 0 Å². The Morgan fingerprint density at radius 1 is 0.306 bits per heavy atom. The number of hydrogen-bond donors (Lipinski definition) is 1. The maximum Gasteiger partial charge on any atom is 0.460 e. The normalized spacial score (nSPS) is 16.9. The molecule has 37 heteroatoms. The lowest BCUT2D eigenvalue weighted by Crippen LogP contribution is -2.74. The van der Waals surface area contributed by atoms with Crippen LogP contribution >= 0.6 is 0 Å². The van der Waals surface area contributed by atoms with E-state index < -0.39 is 153 Å². The van der Waals surface area contributed by atoms with Crippen LogP contribution in [-0.4, -0.2) is 133 Å². The molecule has 0 spiro atoms. The second-order valence-corrected chi connectivity index (χ2v) is 12.3. The molecule has 0 bridgehead atoms. The highest BCUT2D eigenvalue weighted by Crippen LogP contribution is 2.66. The molecular formula is C25H18F34O3. The number of ether oxygens (including phenoxy) is 2. The van der Waals surface area contributed by atoms with E-state index >= 15 is 0 Å². The van der Waals surface area contributed by atoms with Crippen molar-refractivity contribution in [2.75, 3.05) is 26.4 Å². The smallest absolute Gasteiger partial charge is 0.394 e. The summed E-state index contributed by atoms with van der Waals surface area (Å²) < 4.78 is 461. The van der Waals surface area contributed by atoms with Crippen LogP contribution in [0.2, 0.25) is 0 Å². The summed E-state index contributed by atoms with van der Waals surface area (Å²) in [6.45, 7) is -6.42. The van der Waals surface area contributed by atoms with Crippen LogP contribution in [0.5, 0.6) is 0 Å². The van der Waals surface area contributed by atoms with Gasteiger partial charge in [-0.3, -0.25) is 0 Å². The zero-order valence-electron chi connectivity index (χ0n) is 28.3. The third-order valence-corrected chi connectivity index (χ3v) is 7.85. The molecule has 0 saturated carbocycles. The fourth-order valence-corrected chi connectivity index (χ4v) is 4.02. The van der Waals surface area contributed by atoms with Gasteiger partial charge in [-0.2, -0.15) is 149 Å². The summed E-state index contributed by atoms with van der Waals surface area (Å²) in [4.78, 5) is 0. The molecule has 0 fully saturated rings. The Morgan fingerprint density at radius 2 is 0.532 bits per heavy atom. The van der Waals surface area contributed by atoms with Crippen molar-refractivity contribution in [1.29, 1.82) is 0 Å². The Morgan fingerprint density at radius 3 is 0.774 bits per heavy atom. The predicted molar refractivity (Wildman–Crippen MR) is 127 cm³/mol. The summed E-state index contributed by atoms with van der Waals surface area (Å²) in [5, 5.41) is 9.03. The summed E-state index contributed by atoms with van der Waals surface area (Å²) in [7, 11) is 0. The molecule has 0 radical (unpaired) electrons. The Kier molecular flexibility index (Phi) is 16.4. The zero-order chi connectivity index (χ0) is 50.6. The van der Waals surface area contributed by atoms with Crippen LogP contribution in [0.4, 0.5) is 149 Å². The molecule has 3 nitrogen and oxygen atoms in total. The highest BCUT2D eigenvalue weighted by Gasteiger charge is 2.96. The van der Waals surface area contributed by atoms with Gasteiger partial charge in [-0.05, 0) is 12.8 Å². The third-order valence-electron chi connectivity index (χ3n) is 7.85. The molecule has 1 atom stereocenters. The Hall–Kier alpha value is -2.50. The number of aliphatic hydroxyl groups is 1. The van der Waals surface area contributed by atoms with Crippen molar-refractivity contribution in [3.8, 4) is 0 Å². The first-order chi connectivity index (χ1) is 26.6. The number of hydrogen-bond acceptors (Lipinski definition) is 3. The van der Waals surface area contributed by atoms with E-state index in [-0.39, 0.29) is 0 Å². The maximum atomic E-state index is 14.0. The molecule has 0 aromatic rings. The summed E-state index contributed by atoms with van der Waals surface area (Å²) in [5.41, 5.74) is 0. The van der Waals surface area contributed by atoms with Crippen LogP contribution in [0, 0.1) is 0 Å². The van der Waals surface area contributed by atoms with Gasteiger partial charge in [0, 0.05) is 26.1 Å². The standard InChI is InChI=1S/C25H18F34O3/c26-10(27,12(30,31)14(34,35)16(38,39)18(42,43)20(46,47)22(50,51)24(54,55)56)3-1-5-61-8-9(7-60)62-6-2-4-11(28,29)13(32,33)15(36,37)17(40,41)19(44,45)21(48,49)23(52,53)25(57,58)59/h9,60H,1-8H2. The molecule has 0 aliphatic carbocycles. The average Bonchev–Trinajstić information content (AvgIpc) is 3.06. The van der Waals surface area contributed by atoms with Crippen molar-refractivity contribution in [3.63, 3.8) is 0 Å². The Labute approximate surface area is 318 Å². The van der Waals surface area contributed by atoms with Gasteiger partial charge in [0.15, 0.2) is 0 Å². The van der Waals surface area contributed by atoms with E-state index in [1.165, 1.54) is 0 Å². The number of aliphatic hydroxyl groups excluding tert-OH is 1. The lowest BCUT2D eigenvalue weighted by Gasteiger charge is -2.42. The quantitative estimate of drug-likeness (QED) is 0.0774. The lowest BCUT2D eigenvalue weighted by molar-refractivity contribution is -0.461. The van der Waals surface area contributed by atoms with E-state index in [0.717, 1.165) is 0 Å². The van der Waals surface area contributed by atoms with Crippen molar-refractivity contribution < 1.29 is 164 Å². The molecule has 0 aromatic heterocycles. The van der Waals surface area contributed by atoms with Gasteiger partial charge in [0.05, 0.1) is 13.2 Å². The minimum Gasteiger partial charge on any atom is -0.394 e. The molecule has 374 valence electrons. The van der Waals surface area contributed by atoms with Crippen molar-refractivity contribution in [2.24, 2.45) is 0 Å². The van der Waals surface area contributed by atoms with Gasteiger partial charge in [0.25, 0.3) is 0 Å². The average molecular weight is 1010 g/mol. The van der Waals surface area contributed by atoms with Gasteiger partial charge in [0.2, 0.25) is 0 Å². The van der Waals surface area contributed by atoms with E-state index in [2.05, 4.69) is 9.47 Å². The van der Waals surface area contributed by atoms with Gasteiger partial charge < -0.3 is 14.6 Å². The van der Waals surface area contributed by atoms with Gasteiger partial charge in [-0.15, -0.1) is 0 Å². The van der Waals surface area contributed by atoms with Gasteiger partial charge in [-0.1, -0.05) is 0 Å². The maximum absolute atomic E-state index is 14.0. The molecule has 0 heterocycles. The monoisotopic (exact) mass is 1010 g/mol. The number of halogens is 34. The van der Waals surface area contributed by atoms with Crippen molar-refractivity contribution in [3.05, 3.63) is 0 Å². The van der Waals surface area contributed by atoms with Gasteiger partial charge in [-0.25, -0.2) is 0 Å². The second-order valence-electron chi connectivity index (χ2n) is 12.3. The largest absolute Gasteiger partial charge is 0.460 e. The molecule has 1 N–H and O–H groups in total. The topological polar surface area (TPSA) is 38.7 Å². The Balaban J connectivity index is 5.77. The van der Waals surface area contributed by atoms with E-state index in [4.69, 9.17) is 5.11 Å². The fraction of sp³-hybridized carbons (Fsp3) is 1.00. The van der Waals surface area contributed by atoms with Crippen LogP contribution in [-0.2, 0) is 9.47 Å². The van der Waals surface area contributed by atoms with E-state index in [1.807, 2.05) is 0 Å². The summed E-state index contributed by atoms with van der Waals surface area (Å²) >= 11 is 0. The first-order valence-electron chi connectivity index (χ1n) is 14.9. The third kappa shape index (κ3) is 9.04. The molecular weight excluding hydrogens is 994 g/mol. The Bertz CT molecular complexity index is 1480. The fourth-order valence-electron chi connectivity index (χ4n) is 4.02. The molecule has 62 heavy (non-hydrogen) atoms. The minimum atomic E-state index is -8.92. The lowest BCUT2D eigenvalue weighted by atomic mass is 9.88. The van der Waals surface area contributed by atoms with Gasteiger partial charge in [0.1, 0.15) is 6.10 Å². The van der Waals surface area contributed by atoms with Crippen molar-refractivity contribution in [1.82, 2.24) is 0 Å². The SMILES string of the molecule is OCC(COCCCC(F)(F)C(F)(F)C(F)(F)C(F)(F)C(F)(F)C(F)(F)C(F)(F)C(F)(F)F)OCCCC(F)(F)C(F)(F)C(F)(F)C(F)(F)C(F)(F)C(F)(F)C(F)(F)C(F)(F)F. The highest BCUT2D eigenvalue weighted by atomic mass is 19.4. The van der Waals surface area contributed by atoms with Gasteiger partial charge >= 0.3 is 95.3 Å². The first kappa shape index (κ1) is 59.5. The highest BCUT2D eigenvalue weighted by molar-refractivity contribution is 5.16. The van der Waals surface area contributed by atoms with E-state index in [9.17, 15) is 149 Å². The van der Waals surface area contributed by atoms with Crippen LogP contribution in [0.1, 0.15) is 25.7 Å². The second kappa shape index (κ2) is 17.1. The van der Waals surface area contributed by atoms with Crippen molar-refractivity contribution >= 4 is 0 Å². The van der Waals surface area contributed by atoms with Crippen LogP contribution in [0.25, 0.3) is 0 Å². The molecule has 0 aliphatic rings.